The number of hydrogen-bond acceptors (Lipinski definition) is 6. The van der Waals surface area contributed by atoms with Crippen LogP contribution in [0, 0.1) is 0 Å². The summed E-state index contributed by atoms with van der Waals surface area (Å²) in [6.45, 7) is 3.82. The fourth-order valence-electron chi connectivity index (χ4n) is 3.85. The Morgan fingerprint density at radius 3 is 2.21 bits per heavy atom. The molecule has 0 bridgehead atoms. The van der Waals surface area contributed by atoms with Gasteiger partial charge in [0.05, 0.1) is 23.5 Å². The Morgan fingerprint density at radius 2 is 1.65 bits per heavy atom. The molecule has 1 aromatic heterocycles. The summed E-state index contributed by atoms with van der Waals surface area (Å²) in [5.41, 5.74) is 1.01. The van der Waals surface area contributed by atoms with Gasteiger partial charge in [-0.1, -0.05) is 12.1 Å². The first kappa shape index (κ1) is 22.8. The van der Waals surface area contributed by atoms with Gasteiger partial charge in [0.25, 0.3) is 11.7 Å². The van der Waals surface area contributed by atoms with E-state index in [4.69, 9.17) is 14.3 Å². The van der Waals surface area contributed by atoms with Gasteiger partial charge >= 0.3 is 5.97 Å². The Kier molecular flexibility index (Phi) is 6.23. The molecule has 2 aromatic carbocycles. The Balaban J connectivity index is 1.72. The van der Waals surface area contributed by atoms with Gasteiger partial charge in [0.1, 0.15) is 23.3 Å². The summed E-state index contributed by atoms with van der Waals surface area (Å²) in [7, 11) is 0. The summed E-state index contributed by atoms with van der Waals surface area (Å²) >= 11 is 0. The lowest BCUT2D eigenvalue weighted by molar-refractivity contribution is -0.140. The van der Waals surface area contributed by atoms with Crippen molar-refractivity contribution in [2.75, 3.05) is 0 Å². The Hall–Kier alpha value is -4.33. The number of aliphatic hydroxyl groups excluding tert-OH is 1. The number of likely N-dealkylation sites (tertiary alicyclic amines) is 1. The maximum Gasteiger partial charge on any atom is 0.335 e. The van der Waals surface area contributed by atoms with Crippen molar-refractivity contribution in [1.29, 1.82) is 0 Å². The molecular weight excluding hydrogens is 438 g/mol. The van der Waals surface area contributed by atoms with Gasteiger partial charge in [-0.15, -0.1) is 0 Å². The van der Waals surface area contributed by atoms with Crippen molar-refractivity contribution in [3.63, 3.8) is 0 Å². The van der Waals surface area contributed by atoms with E-state index in [-0.39, 0.29) is 29.5 Å². The maximum absolute atomic E-state index is 13.0. The number of rotatable bonds is 7. The van der Waals surface area contributed by atoms with Crippen LogP contribution in [-0.2, 0) is 16.1 Å². The third-order valence-electron chi connectivity index (χ3n) is 5.41. The number of furan rings is 1. The minimum Gasteiger partial charge on any atom is -0.507 e. The van der Waals surface area contributed by atoms with Gasteiger partial charge in [-0.05, 0) is 67.9 Å². The molecule has 8 nitrogen and oxygen atoms in total. The molecule has 0 spiro atoms. The summed E-state index contributed by atoms with van der Waals surface area (Å²) in [6, 6.07) is 14.9. The van der Waals surface area contributed by atoms with Gasteiger partial charge in [0.15, 0.2) is 0 Å². The third kappa shape index (κ3) is 4.43. The molecule has 3 aromatic rings. The highest BCUT2D eigenvalue weighted by atomic mass is 16.5. The number of ketones is 1. The van der Waals surface area contributed by atoms with Gasteiger partial charge in [-0.25, -0.2) is 4.79 Å². The summed E-state index contributed by atoms with van der Waals surface area (Å²) in [4.78, 5) is 38.4. The van der Waals surface area contributed by atoms with Gasteiger partial charge < -0.3 is 24.3 Å². The molecule has 1 saturated heterocycles. The number of carbonyl (C=O) groups is 3. The van der Waals surface area contributed by atoms with Crippen LogP contribution in [0.3, 0.4) is 0 Å². The number of aliphatic hydroxyl groups is 1. The fraction of sp³-hybridized carbons (Fsp3) is 0.192. The zero-order valence-electron chi connectivity index (χ0n) is 18.6. The second kappa shape index (κ2) is 9.27. The second-order valence-corrected chi connectivity index (χ2v) is 8.14. The molecular formula is C26H23NO7. The summed E-state index contributed by atoms with van der Waals surface area (Å²) in [6.07, 6.45) is 1.41. The van der Waals surface area contributed by atoms with Crippen molar-refractivity contribution in [2.24, 2.45) is 0 Å². The van der Waals surface area contributed by atoms with Gasteiger partial charge in [-0.3, -0.25) is 9.59 Å². The lowest BCUT2D eigenvalue weighted by Crippen LogP contribution is -2.29. The highest BCUT2D eigenvalue weighted by Crippen LogP contribution is 2.40. The first-order chi connectivity index (χ1) is 16.3. The van der Waals surface area contributed by atoms with Crippen LogP contribution in [0.25, 0.3) is 5.76 Å². The normalized spacial score (nSPS) is 17.4. The Morgan fingerprint density at radius 1 is 1.00 bits per heavy atom. The first-order valence-corrected chi connectivity index (χ1v) is 10.7. The third-order valence-corrected chi connectivity index (χ3v) is 5.41. The first-order valence-electron chi connectivity index (χ1n) is 10.7. The molecule has 0 aliphatic carbocycles. The Labute approximate surface area is 195 Å². The van der Waals surface area contributed by atoms with Crippen LogP contribution >= 0.6 is 0 Å². The SMILES string of the molecule is CC(C)Oc1ccc(/C(O)=C2/C(=O)C(=O)N(Cc3ccc(C(=O)O)cc3)C2c2ccco2)cc1. The molecule has 1 fully saturated rings. The zero-order chi connectivity index (χ0) is 24.4. The number of benzene rings is 2. The van der Waals surface area contributed by atoms with E-state index in [1.165, 1.54) is 23.3 Å². The number of nitrogens with zero attached hydrogens (tertiary/aromatic N) is 1. The maximum atomic E-state index is 13.0. The molecule has 0 radical (unpaired) electrons. The molecule has 1 atom stereocenters. The quantitative estimate of drug-likeness (QED) is 0.304. The number of carboxylic acid groups (broad SMARTS) is 1. The van der Waals surface area contributed by atoms with Crippen LogP contribution < -0.4 is 4.74 Å². The van der Waals surface area contributed by atoms with Crippen LogP contribution in [0.5, 0.6) is 5.75 Å². The number of amides is 1. The molecule has 174 valence electrons. The van der Waals surface area contributed by atoms with Crippen molar-refractivity contribution in [1.82, 2.24) is 4.90 Å². The number of Topliss-reactive ketones (excluding diaryl/α,β-unsaturated/α-hetero) is 1. The smallest absolute Gasteiger partial charge is 0.335 e. The highest BCUT2D eigenvalue weighted by molar-refractivity contribution is 6.46. The molecule has 1 amide bonds. The molecule has 1 aliphatic heterocycles. The van der Waals surface area contributed by atoms with Crippen LogP contribution in [-0.4, -0.2) is 38.9 Å². The zero-order valence-corrected chi connectivity index (χ0v) is 18.6. The summed E-state index contributed by atoms with van der Waals surface area (Å²) in [5, 5.41) is 20.2. The number of aromatic carboxylic acids is 1. The van der Waals surface area contributed by atoms with E-state index in [1.54, 1.807) is 48.5 Å². The number of ether oxygens (including phenoxy) is 1. The molecule has 8 heteroatoms. The number of hydrogen-bond donors (Lipinski definition) is 2. The van der Waals surface area contributed by atoms with E-state index in [9.17, 15) is 19.5 Å². The van der Waals surface area contributed by atoms with Crippen LogP contribution in [0.1, 0.15) is 47.1 Å². The van der Waals surface area contributed by atoms with E-state index < -0.39 is 23.7 Å². The minimum atomic E-state index is -1.06. The van der Waals surface area contributed by atoms with Crippen molar-refractivity contribution in [2.45, 2.75) is 32.5 Å². The van der Waals surface area contributed by atoms with Gasteiger partial charge in [0.2, 0.25) is 0 Å². The monoisotopic (exact) mass is 461 g/mol. The van der Waals surface area contributed by atoms with E-state index in [2.05, 4.69) is 0 Å². The largest absolute Gasteiger partial charge is 0.507 e. The van der Waals surface area contributed by atoms with Crippen molar-refractivity contribution >= 4 is 23.4 Å². The van der Waals surface area contributed by atoms with Gasteiger partial charge in [0, 0.05) is 12.1 Å². The second-order valence-electron chi connectivity index (χ2n) is 8.14. The predicted octanol–water partition coefficient (Wildman–Crippen LogP) is 4.39. The van der Waals surface area contributed by atoms with E-state index in [0.29, 0.717) is 22.6 Å². The van der Waals surface area contributed by atoms with Crippen LogP contribution in [0.4, 0.5) is 0 Å². The van der Waals surface area contributed by atoms with Crippen molar-refractivity contribution in [3.8, 4) is 5.75 Å². The van der Waals surface area contributed by atoms with E-state index in [1.807, 2.05) is 13.8 Å². The number of carboxylic acids is 1. The Bertz CT molecular complexity index is 1240. The van der Waals surface area contributed by atoms with E-state index in [0.717, 1.165) is 0 Å². The van der Waals surface area contributed by atoms with Crippen molar-refractivity contribution < 1.29 is 33.8 Å². The molecule has 1 aliphatic rings. The standard InChI is InChI=1S/C26H23NO7/c1-15(2)34-19-11-9-17(10-12-19)23(28)21-22(20-4-3-13-33-20)27(25(30)24(21)29)14-16-5-7-18(8-6-16)26(31)32/h3-13,15,22,28H,14H2,1-2H3,(H,31,32)/b23-21-. The predicted molar refractivity (Wildman–Crippen MR) is 122 cm³/mol. The average molecular weight is 461 g/mol. The van der Waals surface area contributed by atoms with Gasteiger partial charge in [-0.2, -0.15) is 0 Å². The topological polar surface area (TPSA) is 117 Å². The summed E-state index contributed by atoms with van der Waals surface area (Å²) < 4.78 is 11.1. The molecule has 1 unspecified atom stereocenters. The molecule has 0 saturated carbocycles. The lowest BCUT2D eigenvalue weighted by atomic mass is 9.99. The van der Waals surface area contributed by atoms with E-state index >= 15 is 0 Å². The molecule has 4 rings (SSSR count). The van der Waals surface area contributed by atoms with Crippen LogP contribution in [0.15, 0.2) is 76.9 Å². The fourth-order valence-corrected chi connectivity index (χ4v) is 3.85. The lowest BCUT2D eigenvalue weighted by Gasteiger charge is -2.23. The van der Waals surface area contributed by atoms with Crippen molar-refractivity contribution in [3.05, 3.63) is 95.0 Å². The molecule has 34 heavy (non-hydrogen) atoms. The van der Waals surface area contributed by atoms with Crippen LogP contribution in [0.2, 0.25) is 0 Å². The molecule has 2 heterocycles. The summed E-state index contributed by atoms with van der Waals surface area (Å²) in [5.74, 6) is -2.07. The molecule has 2 N–H and O–H groups in total. The average Bonchev–Trinajstić information content (AvgIpc) is 3.42. The number of carbonyl (C=O) groups excluding carboxylic acids is 2. The highest BCUT2D eigenvalue weighted by Gasteiger charge is 2.47. The minimum absolute atomic E-state index is 0.0201.